The van der Waals surface area contributed by atoms with Crippen molar-refractivity contribution >= 4 is 5.78 Å². The highest BCUT2D eigenvalue weighted by atomic mass is 16.1. The van der Waals surface area contributed by atoms with Gasteiger partial charge in [0.1, 0.15) is 5.78 Å². The van der Waals surface area contributed by atoms with Crippen LogP contribution in [-0.2, 0) is 4.79 Å². The molecule has 1 nitrogen and oxygen atoms in total. The molecule has 0 heterocycles. The van der Waals surface area contributed by atoms with Crippen molar-refractivity contribution in [2.45, 2.75) is 39.5 Å². The molecule has 1 unspecified atom stereocenters. The van der Waals surface area contributed by atoms with Crippen molar-refractivity contribution in [1.29, 1.82) is 0 Å². The molecular weight excluding hydrogens is 124 g/mol. The van der Waals surface area contributed by atoms with Crippen molar-refractivity contribution < 1.29 is 4.79 Å². The molecule has 1 rings (SSSR count). The first-order valence-electron chi connectivity index (χ1n) is 4.24. The van der Waals surface area contributed by atoms with E-state index >= 15 is 0 Å². The standard InChI is InChI=1S/C9H16O/c1-3-7(2)4-8-5-9(10)6-8/h7-8H,3-6H2,1-2H3. The molecule has 0 aromatic rings. The van der Waals surface area contributed by atoms with Crippen LogP contribution in [0.2, 0.25) is 0 Å². The largest absolute Gasteiger partial charge is 0.300 e. The zero-order chi connectivity index (χ0) is 7.56. The molecule has 0 N–H and O–H groups in total. The first-order chi connectivity index (χ1) is 4.72. The Morgan fingerprint density at radius 1 is 1.60 bits per heavy atom. The molecule has 1 heteroatoms. The van der Waals surface area contributed by atoms with Gasteiger partial charge in [0.2, 0.25) is 0 Å². The van der Waals surface area contributed by atoms with Gasteiger partial charge in [-0.3, -0.25) is 4.79 Å². The van der Waals surface area contributed by atoms with E-state index in [9.17, 15) is 4.79 Å². The third kappa shape index (κ3) is 1.83. The summed E-state index contributed by atoms with van der Waals surface area (Å²) in [6, 6.07) is 0. The molecule has 10 heavy (non-hydrogen) atoms. The minimum absolute atomic E-state index is 0.466. The molecule has 1 aliphatic rings. The lowest BCUT2D eigenvalue weighted by Gasteiger charge is -2.26. The number of Topliss-reactive ketones (excluding diaryl/α,β-unsaturated/α-hetero) is 1. The Bertz CT molecular complexity index is 121. The van der Waals surface area contributed by atoms with Crippen molar-refractivity contribution in [2.24, 2.45) is 11.8 Å². The number of rotatable bonds is 3. The lowest BCUT2D eigenvalue weighted by Crippen LogP contribution is -2.24. The average Bonchev–Trinajstić information content (AvgIpc) is 1.84. The molecule has 1 saturated carbocycles. The minimum atomic E-state index is 0.466. The number of carbonyl (C=O) groups is 1. The van der Waals surface area contributed by atoms with Gasteiger partial charge in [-0.2, -0.15) is 0 Å². The fourth-order valence-electron chi connectivity index (χ4n) is 1.49. The number of carbonyl (C=O) groups excluding carboxylic acids is 1. The molecule has 0 bridgehead atoms. The fourth-order valence-corrected chi connectivity index (χ4v) is 1.49. The molecule has 58 valence electrons. The van der Waals surface area contributed by atoms with Gasteiger partial charge in [-0.05, 0) is 18.3 Å². The predicted octanol–water partition coefficient (Wildman–Crippen LogP) is 2.40. The molecule has 0 radical (unpaired) electrons. The highest BCUT2D eigenvalue weighted by Gasteiger charge is 2.26. The second-order valence-electron chi connectivity index (χ2n) is 3.56. The van der Waals surface area contributed by atoms with Gasteiger partial charge in [0.15, 0.2) is 0 Å². The van der Waals surface area contributed by atoms with E-state index in [-0.39, 0.29) is 0 Å². The lowest BCUT2D eigenvalue weighted by atomic mass is 9.78. The second kappa shape index (κ2) is 3.18. The third-order valence-electron chi connectivity index (χ3n) is 2.47. The summed E-state index contributed by atoms with van der Waals surface area (Å²) in [5.41, 5.74) is 0. The molecule has 1 atom stereocenters. The molecule has 0 aliphatic heterocycles. The van der Waals surface area contributed by atoms with Crippen molar-refractivity contribution in [3.05, 3.63) is 0 Å². The minimum Gasteiger partial charge on any atom is -0.300 e. The highest BCUT2D eigenvalue weighted by Crippen LogP contribution is 2.29. The summed E-state index contributed by atoms with van der Waals surface area (Å²) in [4.78, 5) is 10.6. The van der Waals surface area contributed by atoms with Gasteiger partial charge in [0, 0.05) is 12.8 Å². The van der Waals surface area contributed by atoms with Gasteiger partial charge in [-0.1, -0.05) is 20.3 Å². The lowest BCUT2D eigenvalue weighted by molar-refractivity contribution is -0.127. The van der Waals surface area contributed by atoms with Crippen molar-refractivity contribution in [3.8, 4) is 0 Å². The fraction of sp³-hybridized carbons (Fsp3) is 0.889. The van der Waals surface area contributed by atoms with E-state index < -0.39 is 0 Å². The molecule has 1 aliphatic carbocycles. The van der Waals surface area contributed by atoms with E-state index in [0.717, 1.165) is 24.7 Å². The summed E-state index contributed by atoms with van der Waals surface area (Å²) in [6.45, 7) is 4.48. The molecule has 1 fully saturated rings. The van der Waals surface area contributed by atoms with E-state index in [0.29, 0.717) is 5.78 Å². The van der Waals surface area contributed by atoms with Gasteiger partial charge in [-0.25, -0.2) is 0 Å². The molecule has 0 amide bonds. The van der Waals surface area contributed by atoms with Gasteiger partial charge in [0.05, 0.1) is 0 Å². The van der Waals surface area contributed by atoms with Gasteiger partial charge in [0.25, 0.3) is 0 Å². The van der Waals surface area contributed by atoms with Crippen LogP contribution in [-0.4, -0.2) is 5.78 Å². The van der Waals surface area contributed by atoms with Gasteiger partial charge >= 0.3 is 0 Å². The first-order valence-corrected chi connectivity index (χ1v) is 4.24. The molecule has 0 saturated heterocycles. The zero-order valence-electron chi connectivity index (χ0n) is 6.89. The zero-order valence-corrected chi connectivity index (χ0v) is 6.89. The monoisotopic (exact) mass is 140 g/mol. The van der Waals surface area contributed by atoms with Crippen LogP contribution in [0.5, 0.6) is 0 Å². The second-order valence-corrected chi connectivity index (χ2v) is 3.56. The maximum atomic E-state index is 10.6. The Kier molecular flexibility index (Phi) is 2.47. The highest BCUT2D eigenvalue weighted by molar-refractivity contribution is 5.84. The Labute approximate surface area is 62.8 Å². The smallest absolute Gasteiger partial charge is 0.133 e. The van der Waals surface area contributed by atoms with E-state index in [1.807, 2.05) is 0 Å². The van der Waals surface area contributed by atoms with E-state index in [4.69, 9.17) is 0 Å². The maximum absolute atomic E-state index is 10.6. The SMILES string of the molecule is CCC(C)CC1CC(=O)C1. The topological polar surface area (TPSA) is 17.1 Å². The van der Waals surface area contributed by atoms with Crippen LogP contribution in [0.25, 0.3) is 0 Å². The summed E-state index contributed by atoms with van der Waals surface area (Å²) in [5.74, 6) is 2.02. The summed E-state index contributed by atoms with van der Waals surface area (Å²) in [7, 11) is 0. The van der Waals surface area contributed by atoms with Crippen molar-refractivity contribution in [3.63, 3.8) is 0 Å². The Balaban J connectivity index is 2.10. The van der Waals surface area contributed by atoms with Crippen LogP contribution in [0.1, 0.15) is 39.5 Å². The van der Waals surface area contributed by atoms with Gasteiger partial charge in [-0.15, -0.1) is 0 Å². The van der Waals surface area contributed by atoms with Gasteiger partial charge < -0.3 is 0 Å². The number of ketones is 1. The third-order valence-corrected chi connectivity index (χ3v) is 2.47. The average molecular weight is 140 g/mol. The Hall–Kier alpha value is -0.330. The van der Waals surface area contributed by atoms with E-state index in [1.165, 1.54) is 12.8 Å². The molecule has 0 aromatic heterocycles. The normalized spacial score (nSPS) is 22.4. The molecular formula is C9H16O. The molecule has 0 spiro atoms. The van der Waals surface area contributed by atoms with Crippen LogP contribution in [0, 0.1) is 11.8 Å². The maximum Gasteiger partial charge on any atom is 0.133 e. The summed E-state index contributed by atoms with van der Waals surface area (Å²) in [5, 5.41) is 0. The van der Waals surface area contributed by atoms with Crippen molar-refractivity contribution in [1.82, 2.24) is 0 Å². The van der Waals surface area contributed by atoms with E-state index in [1.54, 1.807) is 0 Å². The Morgan fingerprint density at radius 2 is 2.20 bits per heavy atom. The summed E-state index contributed by atoms with van der Waals surface area (Å²) >= 11 is 0. The van der Waals surface area contributed by atoms with Crippen LogP contribution < -0.4 is 0 Å². The van der Waals surface area contributed by atoms with Crippen molar-refractivity contribution in [2.75, 3.05) is 0 Å². The van der Waals surface area contributed by atoms with Crippen LogP contribution >= 0.6 is 0 Å². The first kappa shape index (κ1) is 7.77. The van der Waals surface area contributed by atoms with Crippen LogP contribution in [0.15, 0.2) is 0 Å². The van der Waals surface area contributed by atoms with Crippen LogP contribution in [0.3, 0.4) is 0 Å². The molecule has 0 aromatic carbocycles. The van der Waals surface area contributed by atoms with Crippen LogP contribution in [0.4, 0.5) is 0 Å². The summed E-state index contributed by atoms with van der Waals surface area (Å²) < 4.78 is 0. The quantitative estimate of drug-likeness (QED) is 0.588. The Morgan fingerprint density at radius 3 is 2.60 bits per heavy atom. The van der Waals surface area contributed by atoms with E-state index in [2.05, 4.69) is 13.8 Å². The predicted molar refractivity (Wildman–Crippen MR) is 41.8 cm³/mol. The summed E-state index contributed by atoms with van der Waals surface area (Å²) in [6.07, 6.45) is 4.25. The number of hydrogen-bond acceptors (Lipinski definition) is 1. The number of hydrogen-bond donors (Lipinski definition) is 0.